The van der Waals surface area contributed by atoms with Gasteiger partial charge in [0.1, 0.15) is 0 Å². The summed E-state index contributed by atoms with van der Waals surface area (Å²) in [7, 11) is 0. The first-order valence-corrected chi connectivity index (χ1v) is 9.89. The molecule has 26 heavy (non-hydrogen) atoms. The van der Waals surface area contributed by atoms with Crippen LogP contribution in [0.4, 0.5) is 0 Å². The van der Waals surface area contributed by atoms with Crippen LogP contribution in [0.15, 0.2) is 48.5 Å². The highest BCUT2D eigenvalue weighted by Crippen LogP contribution is 2.43. The standard InChI is InChI=1S/C23H24O2S/c1-4-26-21-13-14-23(2,3)20-12-10-16(15-19(20)21)9-11-17-7-5-6-8-18(17)22(24)25/h5-13,15H,4,14H2,1-3H3,(H,24,25)/b11-9+. The number of carboxylic acids is 1. The van der Waals surface area contributed by atoms with E-state index in [9.17, 15) is 9.90 Å². The zero-order valence-corrected chi connectivity index (χ0v) is 16.3. The largest absolute Gasteiger partial charge is 0.478 e. The van der Waals surface area contributed by atoms with Crippen molar-refractivity contribution in [1.82, 2.24) is 0 Å². The highest BCUT2D eigenvalue weighted by molar-refractivity contribution is 8.08. The highest BCUT2D eigenvalue weighted by atomic mass is 32.2. The molecule has 2 nitrogen and oxygen atoms in total. The van der Waals surface area contributed by atoms with Gasteiger partial charge in [0.2, 0.25) is 0 Å². The van der Waals surface area contributed by atoms with Gasteiger partial charge in [0, 0.05) is 4.91 Å². The third-order valence-corrected chi connectivity index (χ3v) is 5.77. The number of carbonyl (C=O) groups is 1. The monoisotopic (exact) mass is 364 g/mol. The van der Waals surface area contributed by atoms with Crippen LogP contribution in [-0.4, -0.2) is 16.8 Å². The topological polar surface area (TPSA) is 37.3 Å². The van der Waals surface area contributed by atoms with Gasteiger partial charge in [-0.3, -0.25) is 0 Å². The predicted octanol–water partition coefficient (Wildman–Crippen LogP) is 6.33. The quantitative estimate of drug-likeness (QED) is 0.630. The van der Waals surface area contributed by atoms with Crippen molar-refractivity contribution >= 4 is 34.8 Å². The first-order valence-electron chi connectivity index (χ1n) is 8.90. The summed E-state index contributed by atoms with van der Waals surface area (Å²) in [5.41, 5.74) is 4.97. The molecule has 0 radical (unpaired) electrons. The molecule has 1 aliphatic carbocycles. The molecule has 0 aliphatic heterocycles. The van der Waals surface area contributed by atoms with Crippen LogP contribution in [0.25, 0.3) is 17.1 Å². The van der Waals surface area contributed by atoms with Gasteiger partial charge in [-0.15, -0.1) is 11.8 Å². The maximum atomic E-state index is 11.4. The SMILES string of the molecule is CCSC1=CCC(C)(C)c2ccc(/C=C/c3ccccc3C(=O)O)cc21. The lowest BCUT2D eigenvalue weighted by Gasteiger charge is -2.32. The highest BCUT2D eigenvalue weighted by Gasteiger charge is 2.27. The molecule has 3 rings (SSSR count). The second-order valence-corrected chi connectivity index (χ2v) is 8.43. The Kier molecular flexibility index (Phi) is 5.38. The first-order chi connectivity index (χ1) is 12.4. The Bertz CT molecular complexity index is 891. The van der Waals surface area contributed by atoms with Crippen LogP contribution < -0.4 is 0 Å². The fraction of sp³-hybridized carbons (Fsp3) is 0.261. The van der Waals surface area contributed by atoms with Crippen molar-refractivity contribution in [1.29, 1.82) is 0 Å². The summed E-state index contributed by atoms with van der Waals surface area (Å²) < 4.78 is 0. The van der Waals surface area contributed by atoms with E-state index in [1.807, 2.05) is 36.0 Å². The molecule has 0 atom stereocenters. The smallest absolute Gasteiger partial charge is 0.336 e. The zero-order valence-electron chi connectivity index (χ0n) is 15.5. The van der Waals surface area contributed by atoms with Gasteiger partial charge in [0.15, 0.2) is 0 Å². The van der Waals surface area contributed by atoms with Gasteiger partial charge in [0.05, 0.1) is 5.56 Å². The van der Waals surface area contributed by atoms with Gasteiger partial charge in [-0.25, -0.2) is 4.79 Å². The van der Waals surface area contributed by atoms with Crippen molar-refractivity contribution in [3.05, 3.63) is 76.4 Å². The van der Waals surface area contributed by atoms with E-state index in [1.54, 1.807) is 12.1 Å². The van der Waals surface area contributed by atoms with Crippen molar-refractivity contribution in [2.75, 3.05) is 5.75 Å². The molecule has 2 aromatic rings. The summed E-state index contributed by atoms with van der Waals surface area (Å²) in [5.74, 6) is 0.152. The fourth-order valence-electron chi connectivity index (χ4n) is 3.34. The number of thioether (sulfide) groups is 1. The van der Waals surface area contributed by atoms with Crippen LogP contribution in [0, 0.1) is 0 Å². The lowest BCUT2D eigenvalue weighted by atomic mass is 9.75. The van der Waals surface area contributed by atoms with E-state index in [1.165, 1.54) is 16.0 Å². The van der Waals surface area contributed by atoms with Gasteiger partial charge in [-0.2, -0.15) is 0 Å². The van der Waals surface area contributed by atoms with Crippen molar-refractivity contribution in [3.63, 3.8) is 0 Å². The Morgan fingerprint density at radius 3 is 2.69 bits per heavy atom. The predicted molar refractivity (Wildman–Crippen MR) is 113 cm³/mol. The Hall–Kier alpha value is -2.26. The van der Waals surface area contributed by atoms with Gasteiger partial charge < -0.3 is 5.11 Å². The summed E-state index contributed by atoms with van der Waals surface area (Å²) >= 11 is 1.88. The molecule has 0 amide bonds. The van der Waals surface area contributed by atoms with Crippen molar-refractivity contribution in [2.45, 2.75) is 32.6 Å². The second kappa shape index (κ2) is 7.55. The lowest BCUT2D eigenvalue weighted by molar-refractivity contribution is 0.0696. The number of fused-ring (bicyclic) bond motifs is 1. The van der Waals surface area contributed by atoms with E-state index in [-0.39, 0.29) is 5.41 Å². The number of allylic oxidation sites excluding steroid dienone is 1. The number of rotatable bonds is 5. The molecule has 1 aliphatic rings. The van der Waals surface area contributed by atoms with Crippen molar-refractivity contribution < 1.29 is 9.90 Å². The average Bonchev–Trinajstić information content (AvgIpc) is 2.62. The minimum atomic E-state index is -0.901. The first kappa shape index (κ1) is 18.5. The molecular weight excluding hydrogens is 340 g/mol. The maximum absolute atomic E-state index is 11.4. The van der Waals surface area contributed by atoms with Crippen LogP contribution in [0.5, 0.6) is 0 Å². The zero-order chi connectivity index (χ0) is 18.7. The van der Waals surface area contributed by atoms with Gasteiger partial charge in [0.25, 0.3) is 0 Å². The maximum Gasteiger partial charge on any atom is 0.336 e. The summed E-state index contributed by atoms with van der Waals surface area (Å²) in [6.45, 7) is 6.75. The Balaban J connectivity index is 1.98. The Labute approximate surface area is 159 Å². The molecule has 0 unspecified atom stereocenters. The third kappa shape index (κ3) is 3.78. The second-order valence-electron chi connectivity index (χ2n) is 7.12. The summed E-state index contributed by atoms with van der Waals surface area (Å²) in [5, 5.41) is 9.33. The summed E-state index contributed by atoms with van der Waals surface area (Å²) in [4.78, 5) is 12.7. The van der Waals surface area contributed by atoms with Crippen LogP contribution in [0.3, 0.4) is 0 Å². The number of hydrogen-bond acceptors (Lipinski definition) is 2. The van der Waals surface area contributed by atoms with Gasteiger partial charge in [-0.1, -0.05) is 69.3 Å². The van der Waals surface area contributed by atoms with Gasteiger partial charge in [-0.05, 0) is 52.0 Å². The number of carboxylic acid groups (broad SMARTS) is 1. The summed E-state index contributed by atoms with van der Waals surface area (Å²) in [6, 6.07) is 13.7. The van der Waals surface area contributed by atoms with Crippen LogP contribution in [-0.2, 0) is 5.41 Å². The molecule has 0 bridgehead atoms. The molecule has 2 aromatic carbocycles. The molecule has 0 fully saturated rings. The molecule has 0 saturated carbocycles. The molecule has 0 aromatic heterocycles. The molecule has 134 valence electrons. The number of aromatic carboxylic acids is 1. The minimum Gasteiger partial charge on any atom is -0.478 e. The lowest BCUT2D eigenvalue weighted by Crippen LogP contribution is -2.21. The average molecular weight is 365 g/mol. The van der Waals surface area contributed by atoms with E-state index >= 15 is 0 Å². The normalized spacial score (nSPS) is 15.6. The summed E-state index contributed by atoms with van der Waals surface area (Å²) in [6.07, 6.45) is 7.29. The van der Waals surface area contributed by atoms with Gasteiger partial charge >= 0.3 is 5.97 Å². The van der Waals surface area contributed by atoms with E-state index in [2.05, 4.69) is 45.0 Å². The van der Waals surface area contributed by atoms with E-state index in [0.29, 0.717) is 5.56 Å². The third-order valence-electron chi connectivity index (χ3n) is 4.78. The molecule has 0 saturated heterocycles. The molecular formula is C23H24O2S. The molecule has 3 heteroatoms. The Morgan fingerprint density at radius 1 is 1.19 bits per heavy atom. The number of hydrogen-bond donors (Lipinski definition) is 1. The van der Waals surface area contributed by atoms with E-state index in [0.717, 1.165) is 23.3 Å². The Morgan fingerprint density at radius 2 is 1.96 bits per heavy atom. The molecule has 0 spiro atoms. The number of benzene rings is 2. The molecule has 1 N–H and O–H groups in total. The van der Waals surface area contributed by atoms with Crippen LogP contribution in [0.1, 0.15) is 59.8 Å². The van der Waals surface area contributed by atoms with Crippen molar-refractivity contribution in [3.8, 4) is 0 Å². The fourth-order valence-corrected chi connectivity index (χ4v) is 4.18. The molecule has 0 heterocycles. The van der Waals surface area contributed by atoms with E-state index in [4.69, 9.17) is 0 Å². The van der Waals surface area contributed by atoms with Crippen LogP contribution >= 0.6 is 11.8 Å². The van der Waals surface area contributed by atoms with E-state index < -0.39 is 5.97 Å². The van der Waals surface area contributed by atoms with Crippen molar-refractivity contribution in [2.24, 2.45) is 0 Å². The minimum absolute atomic E-state index is 0.144. The van der Waals surface area contributed by atoms with Crippen LogP contribution in [0.2, 0.25) is 0 Å².